The van der Waals surface area contributed by atoms with Crippen LogP contribution in [0.1, 0.15) is 15.9 Å². The van der Waals surface area contributed by atoms with E-state index in [1.165, 1.54) is 6.08 Å². The first-order valence-electron chi connectivity index (χ1n) is 9.37. The quantitative estimate of drug-likeness (QED) is 0.377. The van der Waals surface area contributed by atoms with Crippen molar-refractivity contribution in [3.05, 3.63) is 77.9 Å². The van der Waals surface area contributed by atoms with Gasteiger partial charge in [0.1, 0.15) is 11.5 Å². The molecule has 0 N–H and O–H groups in total. The molecule has 0 aliphatic carbocycles. The lowest BCUT2D eigenvalue weighted by Gasteiger charge is -2.12. The molecule has 0 saturated heterocycles. The molecule has 5 nitrogen and oxygen atoms in total. The molecule has 0 atom stereocenters. The second-order valence-corrected chi connectivity index (χ2v) is 6.42. The Morgan fingerprint density at radius 3 is 2.13 bits per heavy atom. The van der Waals surface area contributed by atoms with Crippen LogP contribution in [0.5, 0.6) is 23.0 Å². The van der Waals surface area contributed by atoms with Crippen molar-refractivity contribution in [3.8, 4) is 34.1 Å². The highest BCUT2D eigenvalue weighted by Gasteiger charge is 2.13. The van der Waals surface area contributed by atoms with Crippen molar-refractivity contribution in [2.24, 2.45) is 0 Å². The van der Waals surface area contributed by atoms with E-state index in [0.717, 1.165) is 16.7 Å². The van der Waals surface area contributed by atoms with E-state index < -0.39 is 0 Å². The van der Waals surface area contributed by atoms with Crippen molar-refractivity contribution in [1.29, 1.82) is 0 Å². The first kappa shape index (κ1) is 21.0. The van der Waals surface area contributed by atoms with Crippen molar-refractivity contribution in [3.63, 3.8) is 0 Å². The number of allylic oxidation sites excluding steroid dienone is 1. The maximum Gasteiger partial charge on any atom is 0.186 e. The Hall–Kier alpha value is -3.73. The summed E-state index contributed by atoms with van der Waals surface area (Å²) in [5, 5.41) is 0. The molecule has 0 bridgehead atoms. The van der Waals surface area contributed by atoms with Gasteiger partial charge < -0.3 is 18.9 Å². The highest BCUT2D eigenvalue weighted by molar-refractivity contribution is 6.11. The monoisotopic (exact) mass is 404 g/mol. The van der Waals surface area contributed by atoms with Crippen molar-refractivity contribution in [1.82, 2.24) is 0 Å². The van der Waals surface area contributed by atoms with E-state index in [0.29, 0.717) is 28.6 Å². The van der Waals surface area contributed by atoms with Crippen LogP contribution in [0.25, 0.3) is 17.2 Å². The number of carbonyl (C=O) groups is 1. The molecule has 3 aromatic carbocycles. The van der Waals surface area contributed by atoms with E-state index in [9.17, 15) is 4.79 Å². The van der Waals surface area contributed by atoms with Crippen LogP contribution < -0.4 is 18.9 Å². The van der Waals surface area contributed by atoms with Crippen LogP contribution in [0.15, 0.2) is 66.7 Å². The van der Waals surface area contributed by atoms with E-state index in [-0.39, 0.29) is 5.78 Å². The van der Waals surface area contributed by atoms with E-state index in [1.807, 2.05) is 54.6 Å². The van der Waals surface area contributed by atoms with Gasteiger partial charge in [-0.1, -0.05) is 30.3 Å². The number of rotatable bonds is 8. The topological polar surface area (TPSA) is 54.0 Å². The van der Waals surface area contributed by atoms with Gasteiger partial charge in [-0.2, -0.15) is 0 Å². The van der Waals surface area contributed by atoms with Crippen LogP contribution >= 0.6 is 0 Å². The maximum absolute atomic E-state index is 13.0. The number of hydrogen-bond acceptors (Lipinski definition) is 5. The van der Waals surface area contributed by atoms with Crippen LogP contribution in [-0.4, -0.2) is 34.2 Å². The Morgan fingerprint density at radius 1 is 0.733 bits per heavy atom. The highest BCUT2D eigenvalue weighted by Crippen LogP contribution is 2.34. The van der Waals surface area contributed by atoms with Crippen molar-refractivity contribution in [2.75, 3.05) is 28.4 Å². The van der Waals surface area contributed by atoms with Gasteiger partial charge in [0.05, 0.1) is 28.4 Å². The van der Waals surface area contributed by atoms with Crippen molar-refractivity contribution >= 4 is 11.9 Å². The van der Waals surface area contributed by atoms with Gasteiger partial charge in [-0.05, 0) is 53.6 Å². The molecule has 0 fully saturated rings. The number of carbonyl (C=O) groups excluding carboxylic acids is 1. The third-order valence-electron chi connectivity index (χ3n) is 4.74. The fourth-order valence-corrected chi connectivity index (χ4v) is 3.18. The van der Waals surface area contributed by atoms with Crippen LogP contribution in [0.3, 0.4) is 0 Å². The van der Waals surface area contributed by atoms with Crippen LogP contribution in [0.4, 0.5) is 0 Å². The SMILES string of the molecule is COc1ccc(OC)c(/C=C/C(=O)c2ccccc2-c2ccc(OC)c(OC)c2)c1. The first-order chi connectivity index (χ1) is 14.6. The zero-order valence-corrected chi connectivity index (χ0v) is 17.5. The van der Waals surface area contributed by atoms with E-state index in [2.05, 4.69) is 0 Å². The number of ketones is 1. The van der Waals surface area contributed by atoms with Crippen LogP contribution in [-0.2, 0) is 0 Å². The zero-order chi connectivity index (χ0) is 21.5. The van der Waals surface area contributed by atoms with Gasteiger partial charge in [0, 0.05) is 11.1 Å². The molecule has 0 radical (unpaired) electrons. The number of hydrogen-bond donors (Lipinski definition) is 0. The maximum atomic E-state index is 13.0. The first-order valence-corrected chi connectivity index (χ1v) is 9.37. The fraction of sp³-hybridized carbons (Fsp3) is 0.160. The summed E-state index contributed by atoms with van der Waals surface area (Å²) in [4.78, 5) is 13.0. The minimum absolute atomic E-state index is 0.120. The molecule has 0 aliphatic heterocycles. The Labute approximate surface area is 176 Å². The molecule has 0 spiro atoms. The van der Waals surface area contributed by atoms with Gasteiger partial charge in [0.2, 0.25) is 0 Å². The highest BCUT2D eigenvalue weighted by atomic mass is 16.5. The van der Waals surface area contributed by atoms with Gasteiger partial charge in [-0.3, -0.25) is 4.79 Å². The summed E-state index contributed by atoms with van der Waals surface area (Å²) in [6.07, 6.45) is 3.27. The predicted octanol–water partition coefficient (Wildman–Crippen LogP) is 5.28. The van der Waals surface area contributed by atoms with Gasteiger partial charge in [-0.15, -0.1) is 0 Å². The van der Waals surface area contributed by atoms with Crippen molar-refractivity contribution < 1.29 is 23.7 Å². The second kappa shape index (κ2) is 9.65. The number of methoxy groups -OCH3 is 4. The van der Waals surface area contributed by atoms with Crippen molar-refractivity contribution in [2.45, 2.75) is 0 Å². The summed E-state index contributed by atoms with van der Waals surface area (Å²) in [5.41, 5.74) is 3.02. The number of ether oxygens (including phenoxy) is 4. The molecular formula is C25H24O5. The van der Waals surface area contributed by atoms with Crippen LogP contribution in [0, 0.1) is 0 Å². The number of benzene rings is 3. The lowest BCUT2D eigenvalue weighted by molar-refractivity contribution is 0.104. The molecule has 5 heteroatoms. The normalized spacial score (nSPS) is 10.7. The molecule has 0 heterocycles. The summed E-state index contributed by atoms with van der Waals surface area (Å²) in [6, 6.07) is 18.5. The zero-order valence-electron chi connectivity index (χ0n) is 17.5. The third-order valence-corrected chi connectivity index (χ3v) is 4.74. The molecule has 0 amide bonds. The standard InChI is InChI=1S/C25H24O5/c1-27-19-11-14-23(28-2)18(15-19)9-12-22(26)21-8-6-5-7-20(21)17-10-13-24(29-3)25(16-17)30-4/h5-16H,1-4H3/b12-9+. The largest absolute Gasteiger partial charge is 0.497 e. The average molecular weight is 404 g/mol. The summed E-state index contributed by atoms with van der Waals surface area (Å²) < 4.78 is 21.4. The summed E-state index contributed by atoms with van der Waals surface area (Å²) in [5.74, 6) is 2.47. The fourth-order valence-electron chi connectivity index (χ4n) is 3.18. The van der Waals surface area contributed by atoms with E-state index in [1.54, 1.807) is 40.6 Å². The lowest BCUT2D eigenvalue weighted by atomic mass is 9.96. The average Bonchev–Trinajstić information content (AvgIpc) is 2.81. The molecular weight excluding hydrogens is 380 g/mol. The van der Waals surface area contributed by atoms with Gasteiger partial charge >= 0.3 is 0 Å². The molecule has 0 aromatic heterocycles. The van der Waals surface area contributed by atoms with E-state index in [4.69, 9.17) is 18.9 Å². The molecule has 0 saturated carbocycles. The summed E-state index contributed by atoms with van der Waals surface area (Å²) >= 11 is 0. The third kappa shape index (κ3) is 4.46. The van der Waals surface area contributed by atoms with Gasteiger partial charge in [-0.25, -0.2) is 0 Å². The van der Waals surface area contributed by atoms with Gasteiger partial charge in [0.25, 0.3) is 0 Å². The van der Waals surface area contributed by atoms with E-state index >= 15 is 0 Å². The molecule has 0 unspecified atom stereocenters. The molecule has 154 valence electrons. The Bertz CT molecular complexity index is 1070. The Morgan fingerprint density at radius 2 is 1.43 bits per heavy atom. The van der Waals surface area contributed by atoms with Crippen LogP contribution in [0.2, 0.25) is 0 Å². The smallest absolute Gasteiger partial charge is 0.186 e. The molecule has 30 heavy (non-hydrogen) atoms. The minimum Gasteiger partial charge on any atom is -0.497 e. The summed E-state index contributed by atoms with van der Waals surface area (Å²) in [6.45, 7) is 0. The summed E-state index contributed by atoms with van der Waals surface area (Å²) in [7, 11) is 6.36. The predicted molar refractivity (Wildman–Crippen MR) is 118 cm³/mol. The molecule has 0 aliphatic rings. The molecule has 3 rings (SSSR count). The lowest BCUT2D eigenvalue weighted by Crippen LogP contribution is -1.99. The Kier molecular flexibility index (Phi) is 6.75. The van der Waals surface area contributed by atoms with Gasteiger partial charge in [0.15, 0.2) is 17.3 Å². The minimum atomic E-state index is -0.120. The second-order valence-electron chi connectivity index (χ2n) is 6.42. The molecule has 3 aromatic rings. The Balaban J connectivity index is 1.97.